The Hall–Kier alpha value is -1.88. The second kappa shape index (κ2) is 5.87. The van der Waals surface area contributed by atoms with Gasteiger partial charge in [0.25, 0.3) is 0 Å². The van der Waals surface area contributed by atoms with E-state index in [4.69, 9.17) is 9.84 Å². The summed E-state index contributed by atoms with van der Waals surface area (Å²) < 4.78 is 5.00. The zero-order valence-corrected chi connectivity index (χ0v) is 8.84. The van der Waals surface area contributed by atoms with Crippen molar-refractivity contribution in [1.29, 1.82) is 0 Å². The van der Waals surface area contributed by atoms with Crippen molar-refractivity contribution < 1.29 is 19.4 Å². The molecule has 86 valence electrons. The van der Waals surface area contributed by atoms with Gasteiger partial charge in [-0.05, 0) is 19.2 Å². The van der Waals surface area contributed by atoms with E-state index < -0.39 is 18.0 Å². The van der Waals surface area contributed by atoms with Crippen LogP contribution in [0, 0.1) is 0 Å². The number of rotatable bonds is 5. The summed E-state index contributed by atoms with van der Waals surface area (Å²) in [5.41, 5.74) is 0. The summed E-state index contributed by atoms with van der Waals surface area (Å²) in [6, 6.07) is 7.68. The van der Waals surface area contributed by atoms with E-state index in [-0.39, 0.29) is 6.42 Å². The Balaban J connectivity index is 2.59. The molecule has 1 atom stereocenters. The summed E-state index contributed by atoms with van der Waals surface area (Å²) in [5, 5.41) is 11.2. The molecule has 0 saturated carbocycles. The minimum absolute atomic E-state index is 0.303. The Bertz CT molecular complexity index is 364. The Labute approximate surface area is 93.0 Å². The zero-order valence-electron chi connectivity index (χ0n) is 8.84. The van der Waals surface area contributed by atoms with Gasteiger partial charge in [-0.25, -0.2) is 4.79 Å². The molecule has 1 aromatic carbocycles. The molecule has 0 unspecified atom stereocenters. The van der Waals surface area contributed by atoms with Crippen LogP contribution in [-0.2, 0) is 9.59 Å². The van der Waals surface area contributed by atoms with Gasteiger partial charge in [-0.2, -0.15) is 0 Å². The number of hydrogen-bond acceptors (Lipinski definition) is 4. The van der Waals surface area contributed by atoms with Crippen molar-refractivity contribution in [3.63, 3.8) is 0 Å². The second-order valence-electron chi connectivity index (χ2n) is 3.17. The third kappa shape index (κ3) is 3.70. The quantitative estimate of drug-likeness (QED) is 0.566. The van der Waals surface area contributed by atoms with E-state index in [1.54, 1.807) is 30.3 Å². The largest absolute Gasteiger partial charge is 0.481 e. The number of para-hydroxylation sites is 1. The summed E-state index contributed by atoms with van der Waals surface area (Å²) in [6.07, 6.45) is -0.303. The third-order valence-electron chi connectivity index (χ3n) is 1.97. The van der Waals surface area contributed by atoms with Gasteiger partial charge in [0.2, 0.25) is 0 Å². The lowest BCUT2D eigenvalue weighted by Gasteiger charge is -2.12. The maximum atomic E-state index is 11.5. The molecule has 1 rings (SSSR count). The first-order valence-electron chi connectivity index (χ1n) is 4.79. The molecule has 0 bridgehead atoms. The standard InChI is InChI=1S/C11H13NO4/c1-12-9(7-10(13)14)11(15)16-8-5-3-2-4-6-8/h2-6,9,12H,7H2,1H3,(H,13,14)/t9-/m0/s1. The molecule has 0 aromatic heterocycles. The molecule has 1 aromatic rings. The highest BCUT2D eigenvalue weighted by atomic mass is 16.5. The highest BCUT2D eigenvalue weighted by Crippen LogP contribution is 2.09. The lowest BCUT2D eigenvalue weighted by molar-refractivity contribution is -0.144. The molecule has 5 heteroatoms. The number of hydrogen-bond donors (Lipinski definition) is 2. The minimum Gasteiger partial charge on any atom is -0.481 e. The zero-order chi connectivity index (χ0) is 12.0. The molecule has 5 nitrogen and oxygen atoms in total. The van der Waals surface area contributed by atoms with E-state index in [1.807, 2.05) is 0 Å². The fourth-order valence-corrected chi connectivity index (χ4v) is 1.15. The number of carbonyl (C=O) groups excluding carboxylic acids is 1. The molecule has 0 heterocycles. The van der Waals surface area contributed by atoms with Gasteiger partial charge in [0.15, 0.2) is 0 Å². The number of likely N-dealkylation sites (N-methyl/N-ethyl adjacent to an activating group) is 1. The summed E-state index contributed by atoms with van der Waals surface area (Å²) in [4.78, 5) is 22.0. The Morgan fingerprint density at radius 2 is 2.00 bits per heavy atom. The van der Waals surface area contributed by atoms with Crippen molar-refractivity contribution in [2.75, 3.05) is 7.05 Å². The smallest absolute Gasteiger partial charge is 0.329 e. The molecule has 0 aliphatic carbocycles. The van der Waals surface area contributed by atoms with Crippen molar-refractivity contribution in [3.8, 4) is 5.75 Å². The van der Waals surface area contributed by atoms with Gasteiger partial charge >= 0.3 is 11.9 Å². The number of carboxylic acid groups (broad SMARTS) is 1. The molecule has 0 aliphatic heterocycles. The van der Waals surface area contributed by atoms with Gasteiger partial charge < -0.3 is 15.2 Å². The van der Waals surface area contributed by atoms with Crippen molar-refractivity contribution >= 4 is 11.9 Å². The first kappa shape index (κ1) is 12.2. The van der Waals surface area contributed by atoms with Gasteiger partial charge in [-0.3, -0.25) is 4.79 Å². The van der Waals surface area contributed by atoms with Crippen LogP contribution in [0.2, 0.25) is 0 Å². The number of aliphatic carboxylic acids is 1. The molecule has 2 N–H and O–H groups in total. The molecule has 0 spiro atoms. The summed E-state index contributed by atoms with van der Waals surface area (Å²) in [5.74, 6) is -1.25. The highest BCUT2D eigenvalue weighted by Gasteiger charge is 2.21. The molecule has 0 fully saturated rings. The Morgan fingerprint density at radius 1 is 1.38 bits per heavy atom. The van der Waals surface area contributed by atoms with Crippen molar-refractivity contribution in [2.24, 2.45) is 0 Å². The molecule has 16 heavy (non-hydrogen) atoms. The number of esters is 1. The monoisotopic (exact) mass is 223 g/mol. The van der Waals surface area contributed by atoms with Gasteiger partial charge in [-0.1, -0.05) is 18.2 Å². The number of ether oxygens (including phenoxy) is 1. The molecule has 0 saturated heterocycles. The first-order chi connectivity index (χ1) is 7.63. The van der Waals surface area contributed by atoms with E-state index in [0.717, 1.165) is 0 Å². The van der Waals surface area contributed by atoms with Crippen LogP contribution in [0.1, 0.15) is 6.42 Å². The Morgan fingerprint density at radius 3 is 2.50 bits per heavy atom. The maximum absolute atomic E-state index is 11.5. The van der Waals surface area contributed by atoms with Crippen LogP contribution in [0.4, 0.5) is 0 Å². The van der Waals surface area contributed by atoms with Crippen molar-refractivity contribution in [2.45, 2.75) is 12.5 Å². The average molecular weight is 223 g/mol. The number of carboxylic acids is 1. The van der Waals surface area contributed by atoms with Crippen molar-refractivity contribution in [1.82, 2.24) is 5.32 Å². The van der Waals surface area contributed by atoms with Crippen LogP contribution in [0.3, 0.4) is 0 Å². The van der Waals surface area contributed by atoms with Crippen LogP contribution >= 0.6 is 0 Å². The van der Waals surface area contributed by atoms with Crippen LogP contribution in [0.15, 0.2) is 30.3 Å². The second-order valence-corrected chi connectivity index (χ2v) is 3.17. The predicted molar refractivity (Wildman–Crippen MR) is 57.2 cm³/mol. The normalized spacial score (nSPS) is 11.8. The molecular weight excluding hydrogens is 210 g/mol. The van der Waals surface area contributed by atoms with Crippen LogP contribution in [0.5, 0.6) is 5.75 Å². The van der Waals surface area contributed by atoms with Gasteiger partial charge in [0.05, 0.1) is 6.42 Å². The topological polar surface area (TPSA) is 75.6 Å². The third-order valence-corrected chi connectivity index (χ3v) is 1.97. The maximum Gasteiger partial charge on any atom is 0.329 e. The van der Waals surface area contributed by atoms with E-state index in [0.29, 0.717) is 5.75 Å². The van der Waals surface area contributed by atoms with Crippen LogP contribution in [-0.4, -0.2) is 30.1 Å². The lowest BCUT2D eigenvalue weighted by atomic mass is 10.2. The fourth-order valence-electron chi connectivity index (χ4n) is 1.15. The fraction of sp³-hybridized carbons (Fsp3) is 0.273. The molecule has 0 aliphatic rings. The summed E-state index contributed by atoms with van der Waals surface area (Å²) in [7, 11) is 1.51. The predicted octanol–water partition coefficient (Wildman–Crippen LogP) is 0.655. The first-order valence-corrected chi connectivity index (χ1v) is 4.79. The van der Waals surface area contributed by atoms with Gasteiger partial charge in [-0.15, -0.1) is 0 Å². The molecule has 0 amide bonds. The summed E-state index contributed by atoms with van der Waals surface area (Å²) in [6.45, 7) is 0. The van der Waals surface area contributed by atoms with Gasteiger partial charge in [0.1, 0.15) is 11.8 Å². The van der Waals surface area contributed by atoms with E-state index in [2.05, 4.69) is 5.32 Å². The summed E-state index contributed by atoms with van der Waals surface area (Å²) >= 11 is 0. The Kier molecular flexibility index (Phi) is 4.47. The SMILES string of the molecule is CN[C@@H](CC(=O)O)C(=O)Oc1ccccc1. The van der Waals surface area contributed by atoms with Gasteiger partial charge in [0, 0.05) is 0 Å². The van der Waals surface area contributed by atoms with Crippen LogP contribution in [0.25, 0.3) is 0 Å². The number of nitrogens with one attached hydrogen (secondary N) is 1. The number of carbonyl (C=O) groups is 2. The van der Waals surface area contributed by atoms with Crippen molar-refractivity contribution in [3.05, 3.63) is 30.3 Å². The lowest BCUT2D eigenvalue weighted by Crippen LogP contribution is -2.39. The molecular formula is C11H13NO4. The molecule has 0 radical (unpaired) electrons. The van der Waals surface area contributed by atoms with E-state index in [9.17, 15) is 9.59 Å². The highest BCUT2D eigenvalue weighted by molar-refractivity contribution is 5.83. The van der Waals surface area contributed by atoms with Crippen LogP contribution < -0.4 is 10.1 Å². The minimum atomic E-state index is -1.05. The average Bonchev–Trinajstić information content (AvgIpc) is 2.26. The van der Waals surface area contributed by atoms with E-state index in [1.165, 1.54) is 7.05 Å². The van der Waals surface area contributed by atoms with E-state index >= 15 is 0 Å². The number of benzene rings is 1.